The van der Waals surface area contributed by atoms with E-state index in [2.05, 4.69) is 10.6 Å². The highest BCUT2D eigenvalue weighted by Gasteiger charge is 2.08. The molecule has 0 unspecified atom stereocenters. The molecule has 19 heavy (non-hydrogen) atoms. The summed E-state index contributed by atoms with van der Waals surface area (Å²) in [5.41, 5.74) is 0.477. The van der Waals surface area contributed by atoms with E-state index in [1.807, 2.05) is 6.92 Å². The van der Waals surface area contributed by atoms with Crippen LogP contribution in [0.1, 0.15) is 13.3 Å². The lowest BCUT2D eigenvalue weighted by Crippen LogP contribution is -2.21. The fraction of sp³-hybridized carbons (Fsp3) is 0.385. The van der Waals surface area contributed by atoms with Crippen LogP contribution in [0, 0.1) is 0 Å². The molecule has 1 aromatic carbocycles. The molecule has 1 aromatic rings. The standard InChI is InChI=1S/C13H18N2O4/c1-2-14-8-7-12(16)15-10-5-3-4-6-11(10)19-9-13(17)18/h3-6,14H,2,7-9H2,1H3,(H,15,16)(H,17,18). The van der Waals surface area contributed by atoms with Crippen LogP contribution < -0.4 is 15.4 Å². The quantitative estimate of drug-likeness (QED) is 0.613. The van der Waals surface area contributed by atoms with Gasteiger partial charge in [-0.05, 0) is 18.7 Å². The number of amides is 1. The molecular weight excluding hydrogens is 248 g/mol. The van der Waals surface area contributed by atoms with Gasteiger partial charge >= 0.3 is 5.97 Å². The molecule has 104 valence electrons. The van der Waals surface area contributed by atoms with Gasteiger partial charge in [0.05, 0.1) is 5.69 Å². The lowest BCUT2D eigenvalue weighted by Gasteiger charge is -2.11. The number of hydrogen-bond acceptors (Lipinski definition) is 4. The van der Waals surface area contributed by atoms with Gasteiger partial charge in [0.2, 0.25) is 5.91 Å². The van der Waals surface area contributed by atoms with Crippen molar-refractivity contribution in [2.24, 2.45) is 0 Å². The number of rotatable bonds is 8. The Kier molecular flexibility index (Phi) is 6.38. The van der Waals surface area contributed by atoms with Gasteiger partial charge in [0, 0.05) is 13.0 Å². The Bertz CT molecular complexity index is 434. The molecule has 6 heteroatoms. The van der Waals surface area contributed by atoms with E-state index in [-0.39, 0.29) is 5.91 Å². The minimum absolute atomic E-state index is 0.146. The average molecular weight is 266 g/mol. The second-order valence-corrected chi connectivity index (χ2v) is 3.83. The molecule has 1 rings (SSSR count). The summed E-state index contributed by atoms with van der Waals surface area (Å²) in [7, 11) is 0. The zero-order valence-electron chi connectivity index (χ0n) is 10.8. The first kappa shape index (κ1) is 15.0. The average Bonchev–Trinajstić information content (AvgIpc) is 2.38. The number of para-hydroxylation sites is 2. The molecule has 0 radical (unpaired) electrons. The van der Waals surface area contributed by atoms with E-state index in [9.17, 15) is 9.59 Å². The molecule has 1 amide bonds. The first-order valence-electron chi connectivity index (χ1n) is 6.07. The third kappa shape index (κ3) is 5.87. The lowest BCUT2D eigenvalue weighted by atomic mass is 10.2. The number of carbonyl (C=O) groups excluding carboxylic acids is 1. The Morgan fingerprint density at radius 3 is 2.74 bits per heavy atom. The van der Waals surface area contributed by atoms with Crippen molar-refractivity contribution < 1.29 is 19.4 Å². The Balaban J connectivity index is 2.56. The molecule has 3 N–H and O–H groups in total. The van der Waals surface area contributed by atoms with Crippen molar-refractivity contribution >= 4 is 17.6 Å². The van der Waals surface area contributed by atoms with Gasteiger partial charge in [-0.1, -0.05) is 19.1 Å². The van der Waals surface area contributed by atoms with Crippen molar-refractivity contribution in [3.05, 3.63) is 24.3 Å². The van der Waals surface area contributed by atoms with Gasteiger partial charge in [-0.25, -0.2) is 4.79 Å². The molecule has 0 aliphatic carbocycles. The van der Waals surface area contributed by atoms with E-state index in [0.717, 1.165) is 6.54 Å². The number of anilines is 1. The molecule has 0 bridgehead atoms. The van der Waals surface area contributed by atoms with Crippen LogP contribution in [-0.4, -0.2) is 36.7 Å². The van der Waals surface area contributed by atoms with Crippen LogP contribution in [-0.2, 0) is 9.59 Å². The number of ether oxygens (including phenoxy) is 1. The number of benzene rings is 1. The van der Waals surface area contributed by atoms with Crippen molar-refractivity contribution in [2.75, 3.05) is 25.0 Å². The van der Waals surface area contributed by atoms with E-state index in [1.54, 1.807) is 24.3 Å². The number of carboxylic acids is 1. The molecule has 0 spiro atoms. The number of nitrogens with one attached hydrogen (secondary N) is 2. The summed E-state index contributed by atoms with van der Waals surface area (Å²) in [4.78, 5) is 22.1. The largest absolute Gasteiger partial charge is 0.480 e. The molecular formula is C13H18N2O4. The van der Waals surface area contributed by atoms with Crippen LogP contribution in [0.25, 0.3) is 0 Å². The van der Waals surface area contributed by atoms with Gasteiger partial charge in [-0.15, -0.1) is 0 Å². The van der Waals surface area contributed by atoms with Crippen molar-refractivity contribution in [1.82, 2.24) is 5.32 Å². The topological polar surface area (TPSA) is 87.7 Å². The van der Waals surface area contributed by atoms with Crippen LogP contribution in [0.3, 0.4) is 0 Å². The van der Waals surface area contributed by atoms with E-state index in [4.69, 9.17) is 9.84 Å². The summed E-state index contributed by atoms with van der Waals surface area (Å²) in [5.74, 6) is -0.859. The molecule has 0 aliphatic rings. The predicted molar refractivity (Wildman–Crippen MR) is 71.4 cm³/mol. The van der Waals surface area contributed by atoms with Crippen LogP contribution in [0.5, 0.6) is 5.75 Å². The summed E-state index contributed by atoms with van der Waals surface area (Å²) < 4.78 is 5.10. The Morgan fingerprint density at radius 1 is 1.32 bits per heavy atom. The van der Waals surface area contributed by atoms with Crippen molar-refractivity contribution in [3.8, 4) is 5.75 Å². The normalized spacial score (nSPS) is 9.95. The van der Waals surface area contributed by atoms with Crippen LogP contribution in [0.2, 0.25) is 0 Å². The Hall–Kier alpha value is -2.08. The minimum atomic E-state index is -1.06. The number of hydrogen-bond donors (Lipinski definition) is 3. The Labute approximate surface area is 111 Å². The maximum Gasteiger partial charge on any atom is 0.341 e. The first-order chi connectivity index (χ1) is 9.13. The molecule has 0 fully saturated rings. The maximum absolute atomic E-state index is 11.7. The van der Waals surface area contributed by atoms with Gasteiger partial charge in [0.1, 0.15) is 5.75 Å². The number of carbonyl (C=O) groups is 2. The molecule has 0 aromatic heterocycles. The van der Waals surface area contributed by atoms with Crippen molar-refractivity contribution in [1.29, 1.82) is 0 Å². The Morgan fingerprint density at radius 2 is 2.05 bits per heavy atom. The SMILES string of the molecule is CCNCCC(=O)Nc1ccccc1OCC(=O)O. The van der Waals surface area contributed by atoms with Crippen molar-refractivity contribution in [3.63, 3.8) is 0 Å². The predicted octanol–water partition coefficient (Wildman–Crippen LogP) is 1.09. The van der Waals surface area contributed by atoms with Crippen LogP contribution >= 0.6 is 0 Å². The molecule has 6 nitrogen and oxygen atoms in total. The van der Waals surface area contributed by atoms with E-state index < -0.39 is 12.6 Å². The van der Waals surface area contributed by atoms with Gasteiger partial charge in [0.25, 0.3) is 0 Å². The second kappa shape index (κ2) is 8.10. The van der Waals surface area contributed by atoms with Crippen molar-refractivity contribution in [2.45, 2.75) is 13.3 Å². The fourth-order valence-corrected chi connectivity index (χ4v) is 1.43. The molecule has 0 heterocycles. The summed E-state index contributed by atoms with van der Waals surface area (Å²) in [6.45, 7) is 2.93. The first-order valence-corrected chi connectivity index (χ1v) is 6.07. The molecule has 0 aliphatic heterocycles. The molecule has 0 saturated heterocycles. The third-order valence-corrected chi connectivity index (χ3v) is 2.29. The van der Waals surface area contributed by atoms with Gasteiger partial charge in [0.15, 0.2) is 6.61 Å². The van der Waals surface area contributed by atoms with Gasteiger partial charge in [-0.2, -0.15) is 0 Å². The molecule has 0 saturated carbocycles. The third-order valence-electron chi connectivity index (χ3n) is 2.29. The highest BCUT2D eigenvalue weighted by molar-refractivity contribution is 5.92. The molecule has 0 atom stereocenters. The zero-order valence-corrected chi connectivity index (χ0v) is 10.8. The highest BCUT2D eigenvalue weighted by Crippen LogP contribution is 2.23. The lowest BCUT2D eigenvalue weighted by molar-refractivity contribution is -0.139. The minimum Gasteiger partial charge on any atom is -0.480 e. The number of carboxylic acid groups (broad SMARTS) is 1. The maximum atomic E-state index is 11.7. The second-order valence-electron chi connectivity index (χ2n) is 3.83. The van der Waals surface area contributed by atoms with Crippen LogP contribution in [0.4, 0.5) is 5.69 Å². The summed E-state index contributed by atoms with van der Waals surface area (Å²) in [6, 6.07) is 6.74. The van der Waals surface area contributed by atoms with E-state index >= 15 is 0 Å². The smallest absolute Gasteiger partial charge is 0.341 e. The zero-order chi connectivity index (χ0) is 14.1. The summed E-state index contributed by atoms with van der Waals surface area (Å²) in [6.07, 6.45) is 0.348. The van der Waals surface area contributed by atoms with Crippen LogP contribution in [0.15, 0.2) is 24.3 Å². The highest BCUT2D eigenvalue weighted by atomic mass is 16.5. The van der Waals surface area contributed by atoms with E-state index in [1.165, 1.54) is 0 Å². The summed E-state index contributed by atoms with van der Waals surface area (Å²) >= 11 is 0. The number of aliphatic carboxylic acids is 1. The van der Waals surface area contributed by atoms with Gasteiger partial charge in [-0.3, -0.25) is 4.79 Å². The summed E-state index contributed by atoms with van der Waals surface area (Å²) in [5, 5.41) is 14.3. The monoisotopic (exact) mass is 266 g/mol. The van der Waals surface area contributed by atoms with Gasteiger partial charge < -0.3 is 20.5 Å². The fourth-order valence-electron chi connectivity index (χ4n) is 1.43. The van der Waals surface area contributed by atoms with E-state index in [0.29, 0.717) is 24.4 Å².